The molecule has 2 aliphatic heterocycles. The molecule has 5 aromatic rings. The van der Waals surface area contributed by atoms with E-state index in [0.29, 0.717) is 47.4 Å². The van der Waals surface area contributed by atoms with Crippen LogP contribution in [0.1, 0.15) is 52.1 Å². The Kier molecular flexibility index (Phi) is 5.69. The molecular formula is C34H34N8O3. The van der Waals surface area contributed by atoms with Gasteiger partial charge in [-0.05, 0) is 73.9 Å². The number of fused-ring (bicyclic) bond motifs is 5. The molecule has 1 saturated heterocycles. The zero-order valence-corrected chi connectivity index (χ0v) is 25.3. The van der Waals surface area contributed by atoms with Crippen LogP contribution < -0.4 is 15.8 Å². The summed E-state index contributed by atoms with van der Waals surface area (Å²) >= 11 is 0. The highest BCUT2D eigenvalue weighted by Gasteiger charge is 2.47. The predicted octanol–water partition coefficient (Wildman–Crippen LogP) is 3.88. The molecule has 0 radical (unpaired) electrons. The van der Waals surface area contributed by atoms with Gasteiger partial charge in [-0.25, -0.2) is 9.97 Å². The molecule has 3 unspecified atom stereocenters. The molecule has 2 amide bonds. The van der Waals surface area contributed by atoms with Gasteiger partial charge in [0.2, 0.25) is 0 Å². The van der Waals surface area contributed by atoms with E-state index in [-0.39, 0.29) is 23.9 Å². The number of methoxy groups -OCH3 is 1. The predicted molar refractivity (Wildman–Crippen MR) is 169 cm³/mol. The minimum absolute atomic E-state index is 0.00850. The summed E-state index contributed by atoms with van der Waals surface area (Å²) in [5.41, 5.74) is 13.5. The van der Waals surface area contributed by atoms with Crippen molar-refractivity contribution in [3.63, 3.8) is 0 Å². The van der Waals surface area contributed by atoms with Gasteiger partial charge < -0.3 is 29.8 Å². The Labute approximate surface area is 259 Å². The highest BCUT2D eigenvalue weighted by atomic mass is 16.5. The third-order valence-corrected chi connectivity index (χ3v) is 10.3. The highest BCUT2D eigenvalue weighted by Crippen LogP contribution is 2.40. The first kappa shape index (κ1) is 26.6. The largest absolute Gasteiger partial charge is 0.494 e. The number of hydrogen-bond donors (Lipinski definition) is 2. The van der Waals surface area contributed by atoms with Crippen LogP contribution in [0.15, 0.2) is 42.6 Å². The summed E-state index contributed by atoms with van der Waals surface area (Å²) in [5, 5.41) is 3.86. The average molecular weight is 603 g/mol. The van der Waals surface area contributed by atoms with Crippen molar-refractivity contribution in [2.24, 2.45) is 24.6 Å². The van der Waals surface area contributed by atoms with Crippen molar-refractivity contribution in [2.45, 2.75) is 50.9 Å². The van der Waals surface area contributed by atoms with Crippen molar-refractivity contribution < 1.29 is 14.3 Å². The fourth-order valence-corrected chi connectivity index (χ4v) is 7.73. The number of aromatic nitrogens is 5. The molecule has 45 heavy (non-hydrogen) atoms. The number of aryl methyl sites for hydroxylation is 1. The van der Waals surface area contributed by atoms with E-state index in [9.17, 15) is 9.59 Å². The van der Waals surface area contributed by atoms with E-state index in [2.05, 4.69) is 31.6 Å². The van der Waals surface area contributed by atoms with E-state index in [1.54, 1.807) is 13.3 Å². The Balaban J connectivity index is 1.15. The molecule has 2 saturated carbocycles. The number of nitrogens with two attached hydrogens (primary N) is 1. The second kappa shape index (κ2) is 9.61. The van der Waals surface area contributed by atoms with Crippen LogP contribution >= 0.6 is 0 Å². The number of amides is 2. The number of nitrogens with one attached hydrogen (secondary N) is 1. The molecule has 11 nitrogen and oxygen atoms in total. The standard InChI is InChI=1S/C34H34N8O3/c1-40-30-24(10-20(12-27(30)45-2)34(44)42-16-19-6-8-25(42)28(19)35)39-32(40)26-11-18-5-7-23(38-31(18)41(26)15-17-3-4-17)21-9-22-14-37-33(43)29(22)36-13-21/h5,7,9-13,17,19,25,28H,3-4,6,8,14-16,35H2,1-2H3,(H,37,43). The second-order valence-corrected chi connectivity index (χ2v) is 13.1. The summed E-state index contributed by atoms with van der Waals surface area (Å²) < 4.78 is 10.2. The number of imidazole rings is 1. The maximum absolute atomic E-state index is 13.7. The minimum atomic E-state index is -0.134. The Bertz CT molecular complexity index is 2080. The highest BCUT2D eigenvalue weighted by molar-refractivity contribution is 6.01. The summed E-state index contributed by atoms with van der Waals surface area (Å²) in [4.78, 5) is 42.4. The number of likely N-dealkylation sites (tertiary alicyclic amines) is 1. The fraction of sp³-hybridized carbons (Fsp3) is 0.382. The summed E-state index contributed by atoms with van der Waals surface area (Å²) in [7, 11) is 3.63. The number of hydrogen-bond acceptors (Lipinski definition) is 7. The molecule has 9 rings (SSSR count). The molecule has 2 aliphatic carbocycles. The van der Waals surface area contributed by atoms with Crippen molar-refractivity contribution in [2.75, 3.05) is 13.7 Å². The van der Waals surface area contributed by atoms with Gasteiger partial charge in [-0.15, -0.1) is 0 Å². The molecule has 2 bridgehead atoms. The van der Waals surface area contributed by atoms with Crippen molar-refractivity contribution in [1.29, 1.82) is 0 Å². The maximum Gasteiger partial charge on any atom is 0.270 e. The van der Waals surface area contributed by atoms with E-state index in [4.69, 9.17) is 20.4 Å². The molecule has 1 aromatic carbocycles. The SMILES string of the molecule is COc1cc(C(=O)N2CC3CCC2C3N)cc2nc(-c3cc4ccc(-c5cnc6c(c5)CNC6=O)nc4n3CC3CC3)n(C)c12. The van der Waals surface area contributed by atoms with Gasteiger partial charge in [0.05, 0.1) is 24.0 Å². The summed E-state index contributed by atoms with van der Waals surface area (Å²) in [5.74, 6) is 2.25. The van der Waals surface area contributed by atoms with Crippen molar-refractivity contribution in [3.8, 4) is 28.5 Å². The zero-order chi connectivity index (χ0) is 30.6. The molecule has 3 fully saturated rings. The number of rotatable bonds is 6. The topological polar surface area (TPSA) is 133 Å². The third kappa shape index (κ3) is 4.03. The smallest absolute Gasteiger partial charge is 0.270 e. The summed E-state index contributed by atoms with van der Waals surface area (Å²) in [6.45, 7) is 2.04. The van der Waals surface area contributed by atoms with Gasteiger partial charge in [-0.3, -0.25) is 14.6 Å². The number of piperidine rings is 1. The maximum atomic E-state index is 13.7. The van der Waals surface area contributed by atoms with Gasteiger partial charge in [0.15, 0.2) is 5.82 Å². The second-order valence-electron chi connectivity index (χ2n) is 13.1. The lowest BCUT2D eigenvalue weighted by molar-refractivity contribution is 0.0700. The van der Waals surface area contributed by atoms with Crippen LogP contribution in [0.3, 0.4) is 0 Å². The first-order valence-electron chi connectivity index (χ1n) is 15.8. The lowest BCUT2D eigenvalue weighted by atomic mass is 10.1. The number of pyridine rings is 2. The Hall–Kier alpha value is -4.77. The molecule has 4 aliphatic rings. The van der Waals surface area contributed by atoms with Crippen LogP contribution in [0.4, 0.5) is 0 Å². The van der Waals surface area contributed by atoms with Gasteiger partial charge in [-0.2, -0.15) is 0 Å². The van der Waals surface area contributed by atoms with Gasteiger partial charge in [0.25, 0.3) is 11.8 Å². The summed E-state index contributed by atoms with van der Waals surface area (Å²) in [6, 6.07) is 12.2. The van der Waals surface area contributed by atoms with Crippen molar-refractivity contribution in [3.05, 3.63) is 59.4 Å². The number of nitrogens with zero attached hydrogens (tertiary/aromatic N) is 6. The van der Waals surface area contributed by atoms with Crippen LogP contribution in [0.25, 0.3) is 44.8 Å². The summed E-state index contributed by atoms with van der Waals surface area (Å²) in [6.07, 6.45) is 6.17. The van der Waals surface area contributed by atoms with Crippen LogP contribution in [-0.2, 0) is 20.1 Å². The van der Waals surface area contributed by atoms with E-state index in [1.165, 1.54) is 12.8 Å². The van der Waals surface area contributed by atoms with Gasteiger partial charge in [0, 0.05) is 67.0 Å². The van der Waals surface area contributed by atoms with Crippen LogP contribution in [0.2, 0.25) is 0 Å². The van der Waals surface area contributed by atoms with Gasteiger partial charge in [0.1, 0.15) is 22.6 Å². The lowest BCUT2D eigenvalue weighted by Gasteiger charge is -2.27. The lowest BCUT2D eigenvalue weighted by Crippen LogP contribution is -2.41. The molecule has 6 heterocycles. The Morgan fingerprint density at radius 2 is 1.98 bits per heavy atom. The Morgan fingerprint density at radius 3 is 2.73 bits per heavy atom. The number of ether oxygens (including phenoxy) is 1. The molecule has 11 heteroatoms. The third-order valence-electron chi connectivity index (χ3n) is 10.3. The van der Waals surface area contributed by atoms with Crippen LogP contribution in [0, 0.1) is 11.8 Å². The van der Waals surface area contributed by atoms with E-state index in [1.807, 2.05) is 36.2 Å². The van der Waals surface area contributed by atoms with Crippen molar-refractivity contribution in [1.82, 2.24) is 34.3 Å². The number of carbonyl (C=O) groups excluding carboxylic acids is 2. The molecule has 3 atom stereocenters. The van der Waals surface area contributed by atoms with Gasteiger partial charge in [-0.1, -0.05) is 0 Å². The van der Waals surface area contributed by atoms with E-state index in [0.717, 1.165) is 64.3 Å². The number of carbonyl (C=O) groups is 2. The van der Waals surface area contributed by atoms with E-state index < -0.39 is 0 Å². The molecular weight excluding hydrogens is 568 g/mol. The molecule has 228 valence electrons. The van der Waals surface area contributed by atoms with Crippen LogP contribution in [0.5, 0.6) is 5.75 Å². The quantitative estimate of drug-likeness (QED) is 0.301. The van der Waals surface area contributed by atoms with Gasteiger partial charge >= 0.3 is 0 Å². The normalized spacial score (nSPS) is 22.1. The Morgan fingerprint density at radius 1 is 1.11 bits per heavy atom. The zero-order valence-electron chi connectivity index (χ0n) is 25.3. The fourth-order valence-electron chi connectivity index (χ4n) is 7.73. The van der Waals surface area contributed by atoms with Crippen molar-refractivity contribution >= 4 is 33.9 Å². The molecule has 4 aromatic heterocycles. The minimum Gasteiger partial charge on any atom is -0.494 e. The number of benzene rings is 1. The van der Waals surface area contributed by atoms with E-state index >= 15 is 0 Å². The first-order valence-corrected chi connectivity index (χ1v) is 15.8. The van der Waals surface area contributed by atoms with Crippen LogP contribution in [-0.4, -0.2) is 66.5 Å². The molecule has 0 spiro atoms. The average Bonchev–Trinajstić information content (AvgIpc) is 3.26. The first-order chi connectivity index (χ1) is 21.9. The monoisotopic (exact) mass is 602 g/mol. The molecule has 3 N–H and O–H groups in total.